The summed E-state index contributed by atoms with van der Waals surface area (Å²) in [7, 11) is 1.62. The summed E-state index contributed by atoms with van der Waals surface area (Å²) in [5, 5.41) is 4.34. The van der Waals surface area contributed by atoms with E-state index in [1.165, 1.54) is 0 Å². The van der Waals surface area contributed by atoms with Crippen molar-refractivity contribution in [2.24, 2.45) is 0 Å². The number of aryl methyl sites for hydroxylation is 1. The second kappa shape index (κ2) is 5.13. The first-order chi connectivity index (χ1) is 9.78. The number of methoxy groups -OCH3 is 1. The lowest BCUT2D eigenvalue weighted by atomic mass is 10.2. The highest BCUT2D eigenvalue weighted by Gasteiger charge is 2.09. The van der Waals surface area contributed by atoms with Gasteiger partial charge in [0.15, 0.2) is 0 Å². The maximum atomic E-state index is 5.12. The molecule has 5 nitrogen and oxygen atoms in total. The van der Waals surface area contributed by atoms with Crippen molar-refractivity contribution in [2.75, 3.05) is 7.11 Å². The van der Waals surface area contributed by atoms with Crippen LogP contribution in [0.2, 0.25) is 0 Å². The van der Waals surface area contributed by atoms with Crippen LogP contribution in [0.25, 0.3) is 17.1 Å². The quantitative estimate of drug-likeness (QED) is 0.731. The molecule has 0 aromatic carbocycles. The summed E-state index contributed by atoms with van der Waals surface area (Å²) in [6.07, 6.45) is 5.25. The minimum Gasteiger partial charge on any atom is -0.495 e. The zero-order valence-corrected chi connectivity index (χ0v) is 11.3. The largest absolute Gasteiger partial charge is 0.495 e. The van der Waals surface area contributed by atoms with E-state index in [9.17, 15) is 0 Å². The van der Waals surface area contributed by atoms with Crippen molar-refractivity contribution in [2.45, 2.75) is 6.92 Å². The second-order valence-electron chi connectivity index (χ2n) is 4.37. The normalized spacial score (nSPS) is 10.5. The molecule has 0 radical (unpaired) electrons. The Morgan fingerprint density at radius 1 is 1.00 bits per heavy atom. The van der Waals surface area contributed by atoms with E-state index in [2.05, 4.69) is 15.1 Å². The molecule has 0 atom stereocenters. The molecule has 0 spiro atoms. The Balaban J connectivity index is 2.02. The first kappa shape index (κ1) is 12.3. The second-order valence-corrected chi connectivity index (χ2v) is 4.37. The number of hydrogen-bond acceptors (Lipinski definition) is 4. The van der Waals surface area contributed by atoms with E-state index < -0.39 is 0 Å². The lowest BCUT2D eigenvalue weighted by Crippen LogP contribution is -2.00. The molecular formula is C15H14N4O. The van der Waals surface area contributed by atoms with Crippen molar-refractivity contribution in [1.29, 1.82) is 0 Å². The third-order valence-electron chi connectivity index (χ3n) is 3.02. The van der Waals surface area contributed by atoms with Crippen LogP contribution in [0.3, 0.4) is 0 Å². The van der Waals surface area contributed by atoms with Gasteiger partial charge in [0.05, 0.1) is 42.8 Å². The van der Waals surface area contributed by atoms with E-state index in [4.69, 9.17) is 4.74 Å². The minimum atomic E-state index is 0.733. The van der Waals surface area contributed by atoms with Crippen molar-refractivity contribution < 1.29 is 4.74 Å². The number of hydrogen-bond donors (Lipinski definition) is 0. The number of nitrogens with zero attached hydrogens (tertiary/aromatic N) is 4. The summed E-state index contributed by atoms with van der Waals surface area (Å²) in [6.45, 7) is 1.96. The van der Waals surface area contributed by atoms with E-state index >= 15 is 0 Å². The molecule has 0 fully saturated rings. The smallest absolute Gasteiger partial charge is 0.137 e. The summed E-state index contributed by atoms with van der Waals surface area (Å²) in [4.78, 5) is 8.69. The van der Waals surface area contributed by atoms with Crippen molar-refractivity contribution >= 4 is 0 Å². The Hall–Kier alpha value is -2.69. The fraction of sp³-hybridized carbons (Fsp3) is 0.133. The maximum Gasteiger partial charge on any atom is 0.137 e. The molecule has 3 rings (SSSR count). The summed E-state index contributed by atoms with van der Waals surface area (Å²) < 4.78 is 6.94. The molecule has 0 aliphatic heterocycles. The average Bonchev–Trinajstić information content (AvgIpc) is 2.97. The fourth-order valence-electron chi connectivity index (χ4n) is 1.94. The van der Waals surface area contributed by atoms with E-state index in [-0.39, 0.29) is 0 Å². The molecule has 0 saturated carbocycles. The Bertz CT molecular complexity index is 701. The predicted octanol–water partition coefficient (Wildman–Crippen LogP) is 2.65. The van der Waals surface area contributed by atoms with Gasteiger partial charge in [-0.3, -0.25) is 9.97 Å². The van der Waals surface area contributed by atoms with Gasteiger partial charge >= 0.3 is 0 Å². The van der Waals surface area contributed by atoms with Gasteiger partial charge in [0.1, 0.15) is 5.75 Å². The van der Waals surface area contributed by atoms with Gasteiger partial charge in [0.25, 0.3) is 0 Å². The van der Waals surface area contributed by atoms with Gasteiger partial charge < -0.3 is 4.74 Å². The molecule has 0 unspecified atom stereocenters. The monoisotopic (exact) mass is 266 g/mol. The molecule has 0 saturated heterocycles. The van der Waals surface area contributed by atoms with Crippen molar-refractivity contribution in [3.63, 3.8) is 0 Å². The van der Waals surface area contributed by atoms with Crippen LogP contribution in [0.4, 0.5) is 0 Å². The molecule has 0 aliphatic rings. The molecule has 0 N–H and O–H groups in total. The predicted molar refractivity (Wildman–Crippen MR) is 75.9 cm³/mol. The SMILES string of the molecule is COc1ccc(-c2ccnn2-c2ccc(C)nc2)nc1. The van der Waals surface area contributed by atoms with Crippen LogP contribution in [-0.2, 0) is 0 Å². The molecular weight excluding hydrogens is 252 g/mol. The zero-order valence-electron chi connectivity index (χ0n) is 11.3. The van der Waals surface area contributed by atoms with Crippen LogP contribution in [0.15, 0.2) is 48.9 Å². The average molecular weight is 266 g/mol. The number of pyridine rings is 2. The van der Waals surface area contributed by atoms with Crippen molar-refractivity contribution in [3.8, 4) is 22.8 Å². The first-order valence-electron chi connectivity index (χ1n) is 6.25. The lowest BCUT2D eigenvalue weighted by molar-refractivity contribution is 0.413. The molecule has 3 aromatic rings. The Morgan fingerprint density at radius 3 is 2.55 bits per heavy atom. The van der Waals surface area contributed by atoms with E-state index in [0.29, 0.717) is 0 Å². The van der Waals surface area contributed by atoms with Crippen LogP contribution in [0.1, 0.15) is 5.69 Å². The first-order valence-corrected chi connectivity index (χ1v) is 6.25. The van der Waals surface area contributed by atoms with Gasteiger partial charge in [0.2, 0.25) is 0 Å². The molecule has 3 heterocycles. The van der Waals surface area contributed by atoms with Crippen LogP contribution >= 0.6 is 0 Å². The summed E-state index contributed by atoms with van der Waals surface area (Å²) >= 11 is 0. The molecule has 0 aliphatic carbocycles. The van der Waals surface area contributed by atoms with Crippen LogP contribution in [0, 0.1) is 6.92 Å². The van der Waals surface area contributed by atoms with Crippen LogP contribution in [0.5, 0.6) is 5.75 Å². The summed E-state index contributed by atoms with van der Waals surface area (Å²) in [5.74, 6) is 0.733. The molecule has 20 heavy (non-hydrogen) atoms. The number of aromatic nitrogens is 4. The summed E-state index contributed by atoms with van der Waals surface area (Å²) in [6, 6.07) is 9.67. The zero-order chi connectivity index (χ0) is 13.9. The minimum absolute atomic E-state index is 0.733. The highest BCUT2D eigenvalue weighted by molar-refractivity contribution is 5.57. The van der Waals surface area contributed by atoms with Gasteiger partial charge in [-0.25, -0.2) is 4.68 Å². The molecule has 3 aromatic heterocycles. The molecule has 100 valence electrons. The van der Waals surface area contributed by atoms with Gasteiger partial charge in [0, 0.05) is 5.69 Å². The van der Waals surface area contributed by atoms with E-state index in [0.717, 1.165) is 28.5 Å². The molecule has 5 heteroatoms. The fourth-order valence-corrected chi connectivity index (χ4v) is 1.94. The number of rotatable bonds is 3. The van der Waals surface area contributed by atoms with Crippen molar-refractivity contribution in [1.82, 2.24) is 19.7 Å². The maximum absolute atomic E-state index is 5.12. The third-order valence-corrected chi connectivity index (χ3v) is 3.02. The van der Waals surface area contributed by atoms with Gasteiger partial charge in [-0.1, -0.05) is 0 Å². The molecule has 0 amide bonds. The topological polar surface area (TPSA) is 52.8 Å². The van der Waals surface area contributed by atoms with Crippen LogP contribution in [-0.4, -0.2) is 26.9 Å². The summed E-state index contributed by atoms with van der Waals surface area (Å²) in [5.41, 5.74) is 3.64. The Kier molecular flexibility index (Phi) is 3.16. The third kappa shape index (κ3) is 2.25. The van der Waals surface area contributed by atoms with E-state index in [1.807, 2.05) is 41.9 Å². The number of ether oxygens (including phenoxy) is 1. The lowest BCUT2D eigenvalue weighted by Gasteiger charge is -2.07. The van der Waals surface area contributed by atoms with E-state index in [1.54, 1.807) is 25.7 Å². The van der Waals surface area contributed by atoms with Gasteiger partial charge in [-0.2, -0.15) is 5.10 Å². The standard InChI is InChI=1S/C15H14N4O/c1-11-3-4-12(9-16-11)19-15(7-8-18-19)14-6-5-13(20-2)10-17-14/h3-10H,1-2H3. The Labute approximate surface area is 116 Å². The highest BCUT2D eigenvalue weighted by Crippen LogP contribution is 2.21. The molecule has 0 bridgehead atoms. The van der Waals surface area contributed by atoms with Gasteiger partial charge in [-0.15, -0.1) is 0 Å². The van der Waals surface area contributed by atoms with Crippen molar-refractivity contribution in [3.05, 3.63) is 54.6 Å². The van der Waals surface area contributed by atoms with Gasteiger partial charge in [-0.05, 0) is 37.3 Å². The highest BCUT2D eigenvalue weighted by atomic mass is 16.5. The Morgan fingerprint density at radius 2 is 1.90 bits per heavy atom. The van der Waals surface area contributed by atoms with Crippen LogP contribution < -0.4 is 4.74 Å².